The van der Waals surface area contributed by atoms with Crippen LogP contribution in [0.3, 0.4) is 0 Å². The Morgan fingerprint density at radius 1 is 1.36 bits per heavy atom. The van der Waals surface area contributed by atoms with Gasteiger partial charge in [0, 0.05) is 0 Å². The molecular weight excluding hydrogens is 492 g/mol. The smallest absolute Gasteiger partial charge is 0.400 e. The van der Waals surface area contributed by atoms with Crippen molar-refractivity contribution in [3.8, 4) is 0 Å². The first kappa shape index (κ1) is 25.4. The van der Waals surface area contributed by atoms with Gasteiger partial charge < -0.3 is 40.7 Å². The van der Waals surface area contributed by atoms with Crippen molar-refractivity contribution in [2.24, 2.45) is 11.2 Å². The number of carbonyl (C=O) groups excluding carboxylic acids is 1. The van der Waals surface area contributed by atoms with Crippen LogP contribution in [-0.4, -0.2) is 82.4 Å². The van der Waals surface area contributed by atoms with Crippen LogP contribution in [0.5, 0.6) is 0 Å². The molecule has 18 nitrogen and oxygen atoms in total. The molecule has 1 unspecified atom stereocenters. The van der Waals surface area contributed by atoms with Crippen molar-refractivity contribution < 1.29 is 47.7 Å². The number of esters is 1. The zero-order chi connectivity index (χ0) is 24.7. The predicted octanol–water partition coefficient (Wildman–Crippen LogP) is -3.55. The third-order valence-electron chi connectivity index (χ3n) is 4.43. The minimum Gasteiger partial charge on any atom is -0.462 e. The maximum Gasteiger partial charge on any atom is 0.400 e. The number of ether oxygens (including phenoxy) is 2. The molecule has 6 atom stereocenters. The molecule has 1 fully saturated rings. The highest BCUT2D eigenvalue weighted by Crippen LogP contribution is 2.42. The maximum absolute atomic E-state index is 12.0. The van der Waals surface area contributed by atoms with Gasteiger partial charge in [-0.05, 0) is 0 Å². The SMILES string of the molecule is Nc1nc2c(ncn2[C@@H]2O[C@H](COC(=O)[C@@H](N)CP(=O)(O)O)[C@@H](OP(N)(=O)O)[C@H]2O)c(=O)[nH]1. The molecule has 0 bridgehead atoms. The van der Waals surface area contributed by atoms with Crippen LogP contribution < -0.4 is 22.5 Å². The molecular formula is C13H21N7O11P2. The lowest BCUT2D eigenvalue weighted by atomic mass is 10.1. The number of hydrogen-bond donors (Lipinski definition) is 8. The predicted molar refractivity (Wildman–Crippen MR) is 107 cm³/mol. The molecule has 11 N–H and O–H groups in total. The van der Waals surface area contributed by atoms with Gasteiger partial charge in [-0.2, -0.15) is 4.98 Å². The second kappa shape index (κ2) is 9.19. The Morgan fingerprint density at radius 3 is 2.64 bits per heavy atom. The van der Waals surface area contributed by atoms with Crippen LogP contribution in [0.25, 0.3) is 11.2 Å². The van der Waals surface area contributed by atoms with E-state index in [4.69, 9.17) is 40.8 Å². The lowest BCUT2D eigenvalue weighted by molar-refractivity contribution is -0.150. The lowest BCUT2D eigenvalue weighted by Gasteiger charge is -2.22. The molecule has 2 aromatic rings. The molecule has 33 heavy (non-hydrogen) atoms. The largest absolute Gasteiger partial charge is 0.462 e. The molecule has 1 aliphatic rings. The average Bonchev–Trinajstić information content (AvgIpc) is 3.19. The Hall–Kier alpha value is -2.24. The molecule has 0 radical (unpaired) electrons. The van der Waals surface area contributed by atoms with Crippen LogP contribution in [0.15, 0.2) is 11.1 Å². The van der Waals surface area contributed by atoms with Gasteiger partial charge in [0.2, 0.25) is 5.95 Å². The van der Waals surface area contributed by atoms with Gasteiger partial charge in [-0.25, -0.2) is 15.1 Å². The van der Waals surface area contributed by atoms with E-state index in [-0.39, 0.29) is 17.1 Å². The number of aromatic amines is 1. The molecule has 0 amide bonds. The first-order valence-corrected chi connectivity index (χ1v) is 12.4. The van der Waals surface area contributed by atoms with Gasteiger partial charge in [-0.3, -0.25) is 28.2 Å². The maximum atomic E-state index is 12.0. The van der Waals surface area contributed by atoms with Gasteiger partial charge in [0.1, 0.15) is 31.0 Å². The van der Waals surface area contributed by atoms with Crippen molar-refractivity contribution in [1.29, 1.82) is 0 Å². The fraction of sp³-hybridized carbons (Fsp3) is 0.538. The molecule has 0 saturated carbocycles. The molecule has 1 aliphatic heterocycles. The van der Waals surface area contributed by atoms with Gasteiger partial charge in [0.05, 0.1) is 12.5 Å². The molecule has 3 heterocycles. The summed E-state index contributed by atoms with van der Waals surface area (Å²) in [4.78, 5) is 61.2. The summed E-state index contributed by atoms with van der Waals surface area (Å²) in [6.45, 7) is -0.714. The van der Waals surface area contributed by atoms with E-state index in [9.17, 15) is 28.7 Å². The van der Waals surface area contributed by atoms with E-state index in [2.05, 4.69) is 15.0 Å². The summed E-state index contributed by atoms with van der Waals surface area (Å²) in [5.41, 5.74) is 15.0. The number of nitrogens with two attached hydrogens (primary N) is 3. The van der Waals surface area contributed by atoms with Crippen molar-refractivity contribution in [3.63, 3.8) is 0 Å². The number of fused-ring (bicyclic) bond motifs is 1. The number of nitrogen functional groups attached to an aromatic ring is 1. The number of nitrogens with one attached hydrogen (secondary N) is 1. The number of nitrogens with zero attached hydrogens (tertiary/aromatic N) is 3. The zero-order valence-corrected chi connectivity index (χ0v) is 18.3. The molecule has 0 spiro atoms. The second-order valence-electron chi connectivity index (χ2n) is 7.05. The van der Waals surface area contributed by atoms with Crippen molar-refractivity contribution >= 4 is 38.4 Å². The first-order valence-electron chi connectivity index (χ1n) is 8.98. The number of aliphatic hydroxyl groups excluding tert-OH is 1. The number of H-pyrrole nitrogens is 1. The minimum atomic E-state index is -4.67. The highest BCUT2D eigenvalue weighted by atomic mass is 31.2. The Labute approximate surface area is 183 Å². The third-order valence-corrected chi connectivity index (χ3v) is 5.85. The Balaban J connectivity index is 1.85. The third kappa shape index (κ3) is 6.01. The van der Waals surface area contributed by atoms with E-state index in [1.54, 1.807) is 0 Å². The number of carbonyl (C=O) groups is 1. The number of rotatable bonds is 8. The van der Waals surface area contributed by atoms with Crippen molar-refractivity contribution in [3.05, 3.63) is 16.7 Å². The summed E-state index contributed by atoms with van der Waals surface area (Å²) >= 11 is 0. The van der Waals surface area contributed by atoms with Crippen LogP contribution in [0.2, 0.25) is 0 Å². The normalized spacial score (nSPS) is 26.2. The average molecular weight is 513 g/mol. The highest BCUT2D eigenvalue weighted by Gasteiger charge is 2.49. The van der Waals surface area contributed by atoms with E-state index < -0.39 is 70.2 Å². The van der Waals surface area contributed by atoms with E-state index in [1.807, 2.05) is 0 Å². The van der Waals surface area contributed by atoms with Gasteiger partial charge in [-0.15, -0.1) is 0 Å². The molecule has 1 saturated heterocycles. The van der Waals surface area contributed by atoms with Crippen LogP contribution in [0, 0.1) is 0 Å². The monoisotopic (exact) mass is 513 g/mol. The number of aromatic nitrogens is 4. The summed E-state index contributed by atoms with van der Waals surface area (Å²) in [7, 11) is -9.29. The fourth-order valence-electron chi connectivity index (χ4n) is 3.12. The van der Waals surface area contributed by atoms with Gasteiger partial charge in [0.15, 0.2) is 17.4 Å². The fourth-order valence-corrected chi connectivity index (χ4v) is 4.39. The van der Waals surface area contributed by atoms with Crippen LogP contribution in [-0.2, 0) is 27.9 Å². The lowest BCUT2D eigenvalue weighted by Crippen LogP contribution is -2.40. The quantitative estimate of drug-likeness (QED) is 0.125. The zero-order valence-electron chi connectivity index (χ0n) is 16.5. The first-order chi connectivity index (χ1) is 15.2. The molecule has 20 heteroatoms. The molecule has 2 aromatic heterocycles. The Kier molecular flexibility index (Phi) is 7.07. The van der Waals surface area contributed by atoms with Crippen molar-refractivity contribution in [2.75, 3.05) is 18.5 Å². The van der Waals surface area contributed by atoms with E-state index in [0.29, 0.717) is 0 Å². The number of hydrogen-bond acceptors (Lipinski definition) is 12. The summed E-state index contributed by atoms with van der Waals surface area (Å²) in [6, 6.07) is -1.68. The van der Waals surface area contributed by atoms with Crippen molar-refractivity contribution in [2.45, 2.75) is 30.6 Å². The van der Waals surface area contributed by atoms with Crippen molar-refractivity contribution in [1.82, 2.24) is 19.5 Å². The number of anilines is 1. The molecule has 0 aromatic carbocycles. The summed E-state index contributed by atoms with van der Waals surface area (Å²) < 4.78 is 39.0. The van der Waals surface area contributed by atoms with Crippen LogP contribution >= 0.6 is 15.3 Å². The standard InChI is InChI=1S/C13H21N7O11P2/c14-4(2-32(24,25)26)12(23)29-1-5-8(31-33(16,27)28)7(21)11(30-5)20-3-17-6-9(20)18-13(15)19-10(6)22/h3-5,7-8,11,21H,1-2,14H2,(H3,16,27,28)(H2,24,25,26)(H3,15,18,19,22)/t4-,5+,7+,8+,11+/m0/s1. The number of imidazole rings is 1. The molecule has 3 rings (SSSR count). The van der Waals surface area contributed by atoms with Gasteiger partial charge >= 0.3 is 21.3 Å². The molecule has 0 aliphatic carbocycles. The van der Waals surface area contributed by atoms with E-state index in [1.165, 1.54) is 0 Å². The van der Waals surface area contributed by atoms with Crippen LogP contribution in [0.4, 0.5) is 5.95 Å². The second-order valence-corrected chi connectivity index (χ2v) is 10.1. The van der Waals surface area contributed by atoms with Crippen LogP contribution in [0.1, 0.15) is 6.23 Å². The van der Waals surface area contributed by atoms with Gasteiger partial charge in [-0.1, -0.05) is 0 Å². The Morgan fingerprint density at radius 2 is 2.03 bits per heavy atom. The van der Waals surface area contributed by atoms with E-state index in [0.717, 1.165) is 10.9 Å². The summed E-state index contributed by atoms with van der Waals surface area (Å²) in [5.74, 6) is -1.48. The molecule has 184 valence electrons. The van der Waals surface area contributed by atoms with E-state index >= 15 is 0 Å². The number of aliphatic hydroxyl groups is 1. The Bertz CT molecular complexity index is 1190. The minimum absolute atomic E-state index is 0.0970. The highest BCUT2D eigenvalue weighted by molar-refractivity contribution is 7.51. The van der Waals surface area contributed by atoms with Gasteiger partial charge in [0.25, 0.3) is 5.56 Å². The summed E-state index contributed by atoms with van der Waals surface area (Å²) in [5, 5.41) is 10.7. The summed E-state index contributed by atoms with van der Waals surface area (Å²) in [6.07, 6.45) is -6.05. The topological polar surface area (TPSA) is 301 Å².